The molecule has 2 aromatic rings. The molecule has 1 N–H and O–H groups in total. The molecule has 0 fully saturated rings. The van der Waals surface area contributed by atoms with Gasteiger partial charge in [-0.25, -0.2) is 4.68 Å². The molecule has 0 bridgehead atoms. The zero-order chi connectivity index (χ0) is 14.1. The molecule has 1 aliphatic heterocycles. The molecule has 1 aromatic heterocycles. The average molecular weight is 290 g/mol. The monoisotopic (exact) mass is 290 g/mol. The molecule has 7 heteroatoms. The molecule has 104 valence electrons. The fourth-order valence-corrected chi connectivity index (χ4v) is 3.54. The maximum Gasteiger partial charge on any atom is 0.308 e. The number of aliphatic carboxylic acids is 1. The van der Waals surface area contributed by atoms with Crippen LogP contribution in [0.1, 0.15) is 23.6 Å². The van der Waals surface area contributed by atoms with Gasteiger partial charge in [-0.1, -0.05) is 25.1 Å². The van der Waals surface area contributed by atoms with Crippen molar-refractivity contribution in [2.45, 2.75) is 30.0 Å². The van der Waals surface area contributed by atoms with Crippen molar-refractivity contribution in [3.63, 3.8) is 0 Å². The van der Waals surface area contributed by atoms with Crippen LogP contribution in [0.4, 0.5) is 0 Å². The van der Waals surface area contributed by atoms with Gasteiger partial charge < -0.3 is 5.11 Å². The topological polar surface area (TPSA) is 80.9 Å². The van der Waals surface area contributed by atoms with Crippen molar-refractivity contribution < 1.29 is 9.90 Å². The summed E-state index contributed by atoms with van der Waals surface area (Å²) < 4.78 is 1.61. The molecule has 3 rings (SSSR count). The number of fused-ring (bicyclic) bond motifs is 1. The van der Waals surface area contributed by atoms with E-state index in [0.717, 1.165) is 12.2 Å². The van der Waals surface area contributed by atoms with E-state index in [1.807, 2.05) is 12.1 Å². The molecule has 2 heterocycles. The molecule has 1 aromatic carbocycles. The van der Waals surface area contributed by atoms with Gasteiger partial charge in [-0.15, -0.1) is 16.9 Å². The molecule has 6 nitrogen and oxygen atoms in total. The summed E-state index contributed by atoms with van der Waals surface area (Å²) in [4.78, 5) is 12.2. The summed E-state index contributed by atoms with van der Waals surface area (Å²) in [5.74, 6) is -0.598. The standard InChI is InChI=1S/C13H14N4O2S/c1-8(13(18)19)7-17-12(14-15-16-17)11-6-9-4-2-3-5-10(9)20-11/h2-5,8,11H,6-7H2,1H3,(H,18,19). The highest BCUT2D eigenvalue weighted by Gasteiger charge is 2.28. The summed E-state index contributed by atoms with van der Waals surface area (Å²) in [6.07, 6.45) is 0.878. The van der Waals surface area contributed by atoms with Gasteiger partial charge in [-0.05, 0) is 28.5 Å². The van der Waals surface area contributed by atoms with Crippen LogP contribution >= 0.6 is 11.8 Å². The number of benzene rings is 1. The Morgan fingerprint density at radius 2 is 2.35 bits per heavy atom. The van der Waals surface area contributed by atoms with Crippen molar-refractivity contribution in [3.05, 3.63) is 35.7 Å². The number of nitrogens with zero attached hydrogens (tertiary/aromatic N) is 4. The first-order valence-electron chi connectivity index (χ1n) is 6.38. The van der Waals surface area contributed by atoms with Crippen molar-refractivity contribution in [2.75, 3.05) is 0 Å². The highest BCUT2D eigenvalue weighted by atomic mass is 32.2. The van der Waals surface area contributed by atoms with Crippen molar-refractivity contribution >= 4 is 17.7 Å². The second-order valence-electron chi connectivity index (χ2n) is 4.88. The van der Waals surface area contributed by atoms with Crippen molar-refractivity contribution in [3.8, 4) is 0 Å². The zero-order valence-electron chi connectivity index (χ0n) is 10.9. The Morgan fingerprint density at radius 3 is 3.10 bits per heavy atom. The van der Waals surface area contributed by atoms with E-state index in [9.17, 15) is 4.79 Å². The predicted molar refractivity (Wildman–Crippen MR) is 73.4 cm³/mol. The maximum absolute atomic E-state index is 10.9. The Morgan fingerprint density at radius 1 is 1.55 bits per heavy atom. The second kappa shape index (κ2) is 5.24. The van der Waals surface area contributed by atoms with E-state index in [0.29, 0.717) is 6.54 Å². The van der Waals surface area contributed by atoms with Gasteiger partial charge in [0.1, 0.15) is 0 Å². The fourth-order valence-electron chi connectivity index (χ4n) is 2.24. The predicted octanol–water partition coefficient (Wildman–Crippen LogP) is 1.78. The molecular formula is C13H14N4O2S. The number of thioether (sulfide) groups is 1. The van der Waals surface area contributed by atoms with Gasteiger partial charge in [-0.3, -0.25) is 4.79 Å². The second-order valence-corrected chi connectivity index (χ2v) is 6.12. The maximum atomic E-state index is 10.9. The first-order chi connectivity index (χ1) is 9.65. The van der Waals surface area contributed by atoms with Gasteiger partial charge in [0.25, 0.3) is 0 Å². The summed E-state index contributed by atoms with van der Waals surface area (Å²) in [5, 5.41) is 20.9. The van der Waals surface area contributed by atoms with E-state index in [1.165, 1.54) is 10.5 Å². The number of hydrogen-bond acceptors (Lipinski definition) is 5. The lowest BCUT2D eigenvalue weighted by atomic mass is 10.1. The van der Waals surface area contributed by atoms with E-state index in [2.05, 4.69) is 27.7 Å². The minimum absolute atomic E-state index is 0.156. The van der Waals surface area contributed by atoms with E-state index in [1.54, 1.807) is 23.4 Å². The van der Waals surface area contributed by atoms with Crippen LogP contribution in [0.5, 0.6) is 0 Å². The Hall–Kier alpha value is -1.89. The van der Waals surface area contributed by atoms with E-state index in [4.69, 9.17) is 5.11 Å². The molecule has 2 unspecified atom stereocenters. The van der Waals surface area contributed by atoms with Gasteiger partial charge in [0.15, 0.2) is 5.82 Å². The van der Waals surface area contributed by atoms with Crippen LogP contribution in [0.25, 0.3) is 0 Å². The number of hydrogen-bond donors (Lipinski definition) is 1. The summed E-state index contributed by atoms with van der Waals surface area (Å²) in [6, 6.07) is 8.24. The number of tetrazole rings is 1. The van der Waals surface area contributed by atoms with Crippen LogP contribution in [0.15, 0.2) is 29.2 Å². The molecular weight excluding hydrogens is 276 g/mol. The Kier molecular flexibility index (Phi) is 3.43. The Labute approximate surface area is 120 Å². The number of carboxylic acids is 1. The first kappa shape index (κ1) is 13.1. The minimum Gasteiger partial charge on any atom is -0.481 e. The van der Waals surface area contributed by atoms with Gasteiger partial charge >= 0.3 is 5.97 Å². The van der Waals surface area contributed by atoms with E-state index >= 15 is 0 Å². The quantitative estimate of drug-likeness (QED) is 0.924. The molecule has 0 saturated carbocycles. The lowest BCUT2D eigenvalue weighted by Crippen LogP contribution is -2.20. The van der Waals surface area contributed by atoms with E-state index in [-0.39, 0.29) is 5.25 Å². The smallest absolute Gasteiger partial charge is 0.308 e. The summed E-state index contributed by atoms with van der Waals surface area (Å²) >= 11 is 1.73. The lowest BCUT2D eigenvalue weighted by Gasteiger charge is -2.11. The summed E-state index contributed by atoms with van der Waals surface area (Å²) in [6.45, 7) is 1.95. The molecule has 0 aliphatic carbocycles. The molecule has 0 radical (unpaired) electrons. The minimum atomic E-state index is -0.839. The number of rotatable bonds is 4. The SMILES string of the molecule is CC(Cn1nnnc1C1Cc2ccccc2S1)C(=O)O. The van der Waals surface area contributed by atoms with Gasteiger partial charge in [0.2, 0.25) is 0 Å². The highest BCUT2D eigenvalue weighted by molar-refractivity contribution is 7.99. The molecule has 0 amide bonds. The van der Waals surface area contributed by atoms with Crippen molar-refractivity contribution in [1.82, 2.24) is 20.2 Å². The first-order valence-corrected chi connectivity index (χ1v) is 7.26. The summed E-state index contributed by atoms with van der Waals surface area (Å²) in [7, 11) is 0. The number of aromatic nitrogens is 4. The fraction of sp³-hybridized carbons (Fsp3) is 0.385. The number of carboxylic acid groups (broad SMARTS) is 1. The molecule has 0 saturated heterocycles. The Bertz CT molecular complexity index is 618. The largest absolute Gasteiger partial charge is 0.481 e. The highest BCUT2D eigenvalue weighted by Crippen LogP contribution is 2.45. The summed E-state index contributed by atoms with van der Waals surface area (Å²) in [5.41, 5.74) is 1.29. The van der Waals surface area contributed by atoms with Crippen LogP contribution in [0, 0.1) is 5.92 Å². The van der Waals surface area contributed by atoms with Gasteiger partial charge in [0.05, 0.1) is 17.7 Å². The third-order valence-corrected chi connectivity index (χ3v) is 4.68. The third-order valence-electron chi connectivity index (χ3n) is 3.36. The molecule has 20 heavy (non-hydrogen) atoms. The normalized spacial score (nSPS) is 18.8. The molecule has 0 spiro atoms. The van der Waals surface area contributed by atoms with Crippen LogP contribution in [0.2, 0.25) is 0 Å². The van der Waals surface area contributed by atoms with Crippen molar-refractivity contribution in [1.29, 1.82) is 0 Å². The van der Waals surface area contributed by atoms with Gasteiger partial charge in [0, 0.05) is 4.90 Å². The lowest BCUT2D eigenvalue weighted by molar-refractivity contribution is -0.141. The molecule has 1 aliphatic rings. The van der Waals surface area contributed by atoms with Crippen LogP contribution in [0.3, 0.4) is 0 Å². The zero-order valence-corrected chi connectivity index (χ0v) is 11.7. The average Bonchev–Trinajstić information content (AvgIpc) is 3.03. The van der Waals surface area contributed by atoms with Crippen LogP contribution in [-0.2, 0) is 17.8 Å². The number of carbonyl (C=O) groups is 1. The van der Waals surface area contributed by atoms with Crippen LogP contribution in [-0.4, -0.2) is 31.3 Å². The Balaban J connectivity index is 1.80. The van der Waals surface area contributed by atoms with Crippen molar-refractivity contribution in [2.24, 2.45) is 5.92 Å². The van der Waals surface area contributed by atoms with Crippen LogP contribution < -0.4 is 0 Å². The van der Waals surface area contributed by atoms with E-state index < -0.39 is 11.9 Å². The third kappa shape index (κ3) is 2.40. The molecule has 2 atom stereocenters. The van der Waals surface area contributed by atoms with Gasteiger partial charge in [-0.2, -0.15) is 0 Å².